The Morgan fingerprint density at radius 2 is 1.88 bits per heavy atom. The Morgan fingerprint density at radius 3 is 2.59 bits per heavy atom. The fourth-order valence-corrected chi connectivity index (χ4v) is 7.71. The second-order valence-corrected chi connectivity index (χ2v) is 12.8. The van der Waals surface area contributed by atoms with Crippen LogP contribution in [0.4, 0.5) is 10.1 Å². The quantitative estimate of drug-likeness (QED) is 0.299. The van der Waals surface area contributed by atoms with Gasteiger partial charge in [0.25, 0.3) is 0 Å². The first-order valence-corrected chi connectivity index (χ1v) is 13.1. The van der Waals surface area contributed by atoms with Gasteiger partial charge in [-0.05, 0) is 0 Å². The van der Waals surface area contributed by atoms with Crippen LogP contribution >= 0.6 is 0 Å². The van der Waals surface area contributed by atoms with Crippen LogP contribution in [-0.4, -0.2) is 47.7 Å². The Hall–Kier alpha value is -2.07. The average Bonchev–Trinajstić information content (AvgIpc) is 3.27. The fraction of sp³-hybridized carbons (Fsp3) is 0.458. The van der Waals surface area contributed by atoms with E-state index < -0.39 is 21.2 Å². The molecule has 0 bridgehead atoms. The summed E-state index contributed by atoms with van der Waals surface area (Å²) in [5.41, 5.74) is 3.09. The number of amidine groups is 1. The molecular weight excluding hydrogens is 518 g/mol. The predicted molar refractivity (Wildman–Crippen MR) is 122 cm³/mol. The Labute approximate surface area is 198 Å². The molecule has 0 unspecified atom stereocenters. The molecule has 1 fully saturated rings. The van der Waals surface area contributed by atoms with E-state index >= 15 is 0 Å². The van der Waals surface area contributed by atoms with Gasteiger partial charge in [0.2, 0.25) is 0 Å². The molecule has 6 nitrogen and oxygen atoms in total. The molecule has 1 saturated heterocycles. The van der Waals surface area contributed by atoms with Crippen LogP contribution in [0.1, 0.15) is 40.5 Å². The molecule has 0 spiro atoms. The molecule has 5 rings (SSSR count). The van der Waals surface area contributed by atoms with E-state index in [2.05, 4.69) is 50.1 Å². The molecule has 2 aromatic heterocycles. The number of aryl methyl sites for hydroxylation is 1. The van der Waals surface area contributed by atoms with Crippen molar-refractivity contribution in [3.8, 4) is 11.3 Å². The van der Waals surface area contributed by atoms with Gasteiger partial charge in [0.1, 0.15) is 0 Å². The number of hydrogen-bond donors (Lipinski definition) is 1. The number of fused-ring (bicyclic) bond motifs is 2. The number of benzene rings is 1. The molecule has 170 valence electrons. The molecule has 8 heteroatoms. The third-order valence-electron chi connectivity index (χ3n) is 6.20. The van der Waals surface area contributed by atoms with Crippen LogP contribution in [0.3, 0.4) is 0 Å². The normalized spacial score (nSPS) is 20.0. The van der Waals surface area contributed by atoms with Gasteiger partial charge in [-0.25, -0.2) is 0 Å². The first kappa shape index (κ1) is 21.8. The maximum absolute atomic E-state index is 14.6. The SMILES string of the molecule is CN(C1=Nc2ccc(-c3cc(F)c4nn(C)cc4c3)nc2[I-]1)C1CC(C)(C)NC(C)(C)C1. The summed E-state index contributed by atoms with van der Waals surface area (Å²) < 4.78 is 18.4. The van der Waals surface area contributed by atoms with E-state index in [-0.39, 0.29) is 16.9 Å². The minimum absolute atomic E-state index is 0.0887. The number of nitrogens with zero attached hydrogens (tertiary/aromatic N) is 5. The number of aliphatic imine (C=N–C) groups is 1. The molecule has 0 atom stereocenters. The molecule has 1 aromatic carbocycles. The van der Waals surface area contributed by atoms with Gasteiger partial charge in [-0.2, -0.15) is 0 Å². The number of piperidine rings is 1. The van der Waals surface area contributed by atoms with E-state index in [1.54, 1.807) is 11.7 Å². The first-order valence-electron chi connectivity index (χ1n) is 10.9. The van der Waals surface area contributed by atoms with Crippen molar-refractivity contribution < 1.29 is 25.6 Å². The zero-order valence-corrected chi connectivity index (χ0v) is 21.5. The van der Waals surface area contributed by atoms with Crippen LogP contribution in [0.2, 0.25) is 0 Å². The second-order valence-electron chi connectivity index (χ2n) is 10.2. The summed E-state index contributed by atoms with van der Waals surface area (Å²) in [6.07, 6.45) is 3.99. The molecule has 32 heavy (non-hydrogen) atoms. The van der Waals surface area contributed by atoms with Gasteiger partial charge in [-0.15, -0.1) is 0 Å². The van der Waals surface area contributed by atoms with E-state index in [4.69, 9.17) is 9.98 Å². The van der Waals surface area contributed by atoms with Crippen molar-refractivity contribution in [3.63, 3.8) is 0 Å². The molecule has 2 aliphatic rings. The van der Waals surface area contributed by atoms with Gasteiger partial charge in [0.05, 0.1) is 0 Å². The summed E-state index contributed by atoms with van der Waals surface area (Å²) in [6, 6.07) is 7.91. The third-order valence-corrected chi connectivity index (χ3v) is 8.98. The zero-order chi connectivity index (χ0) is 22.8. The van der Waals surface area contributed by atoms with Crippen molar-refractivity contribution in [1.29, 1.82) is 0 Å². The monoisotopic (exact) mass is 547 g/mol. The van der Waals surface area contributed by atoms with Gasteiger partial charge in [0.15, 0.2) is 0 Å². The van der Waals surface area contributed by atoms with Gasteiger partial charge < -0.3 is 0 Å². The molecular formula is C24H29FIN6-. The van der Waals surface area contributed by atoms with Crippen LogP contribution in [0, 0.1) is 9.52 Å². The van der Waals surface area contributed by atoms with E-state index in [0.29, 0.717) is 11.6 Å². The number of rotatable bonds is 2. The van der Waals surface area contributed by atoms with Crippen molar-refractivity contribution >= 4 is 20.4 Å². The van der Waals surface area contributed by atoms with Crippen molar-refractivity contribution in [3.05, 3.63) is 40.0 Å². The van der Waals surface area contributed by atoms with Crippen molar-refractivity contribution in [1.82, 2.24) is 25.0 Å². The summed E-state index contributed by atoms with van der Waals surface area (Å²) in [5.74, 6) is -0.317. The van der Waals surface area contributed by atoms with Gasteiger partial charge >= 0.3 is 199 Å². The predicted octanol–water partition coefficient (Wildman–Crippen LogP) is 1.28. The Morgan fingerprint density at radius 1 is 1.16 bits per heavy atom. The molecule has 0 amide bonds. The fourth-order valence-electron chi connectivity index (χ4n) is 5.14. The Kier molecular flexibility index (Phi) is 5.09. The zero-order valence-electron chi connectivity index (χ0n) is 19.4. The molecule has 0 saturated carbocycles. The summed E-state index contributed by atoms with van der Waals surface area (Å²) in [7, 11) is 3.98. The molecule has 3 aromatic rings. The minimum atomic E-state index is -0.487. The average molecular weight is 547 g/mol. The number of aromatic nitrogens is 3. The molecule has 1 N–H and O–H groups in total. The number of halogens is 2. The van der Waals surface area contributed by atoms with Crippen LogP contribution < -0.4 is 26.5 Å². The summed E-state index contributed by atoms with van der Waals surface area (Å²) in [6.45, 7) is 9.12. The van der Waals surface area contributed by atoms with E-state index in [0.717, 1.165) is 42.7 Å². The van der Waals surface area contributed by atoms with Crippen molar-refractivity contribution in [2.45, 2.75) is 57.7 Å². The number of hydrogen-bond acceptors (Lipinski definition) is 5. The molecule has 2 aliphatic heterocycles. The Balaban J connectivity index is 1.40. The number of nitrogens with one attached hydrogen (secondary N) is 1. The van der Waals surface area contributed by atoms with Gasteiger partial charge in [-0.1, -0.05) is 0 Å². The van der Waals surface area contributed by atoms with E-state index in [1.165, 1.54) is 6.07 Å². The van der Waals surface area contributed by atoms with E-state index in [1.807, 2.05) is 24.4 Å². The standard InChI is InChI=1S/C24H29FIN6/c1-23(2)11-16(12-24(3,4)30-23)32(6)22-26-21-19(28-22)8-7-18(27-21)14-9-15-13-31(5)29-20(15)17(25)10-14/h7-10,13,16,30H,11-12H2,1-6H3/q-1. The third kappa shape index (κ3) is 4.03. The summed E-state index contributed by atoms with van der Waals surface area (Å²) >= 11 is -0.487. The second kappa shape index (κ2) is 7.48. The topological polar surface area (TPSA) is 58.3 Å². The summed E-state index contributed by atoms with van der Waals surface area (Å²) in [5, 5.41) is 8.74. The van der Waals surface area contributed by atoms with Crippen LogP contribution in [0.5, 0.6) is 0 Å². The van der Waals surface area contributed by atoms with Crippen molar-refractivity contribution in [2.24, 2.45) is 12.0 Å². The maximum atomic E-state index is 14.6. The van der Waals surface area contributed by atoms with Crippen molar-refractivity contribution in [2.75, 3.05) is 7.05 Å². The van der Waals surface area contributed by atoms with Crippen LogP contribution in [-0.2, 0) is 7.05 Å². The van der Waals surface area contributed by atoms with Crippen LogP contribution in [0.25, 0.3) is 22.2 Å². The summed E-state index contributed by atoms with van der Waals surface area (Å²) in [4.78, 5) is 12.3. The van der Waals surface area contributed by atoms with Gasteiger partial charge in [0, 0.05) is 0 Å². The Bertz CT molecular complexity index is 1230. The number of pyridine rings is 1. The first-order chi connectivity index (χ1) is 15.0. The molecule has 4 heterocycles. The van der Waals surface area contributed by atoms with Gasteiger partial charge in [-0.3, -0.25) is 0 Å². The molecule has 0 radical (unpaired) electrons. The van der Waals surface area contributed by atoms with Crippen LogP contribution in [0.15, 0.2) is 35.5 Å². The molecule has 0 aliphatic carbocycles. The van der Waals surface area contributed by atoms with E-state index in [9.17, 15) is 4.39 Å².